The third kappa shape index (κ3) is 2.61. The molecule has 0 N–H and O–H groups in total. The van der Waals surface area contributed by atoms with Crippen LogP contribution in [-0.4, -0.2) is 27.4 Å². The summed E-state index contributed by atoms with van der Waals surface area (Å²) in [4.78, 5) is 0. The highest BCUT2D eigenvalue weighted by molar-refractivity contribution is 6.02. The van der Waals surface area contributed by atoms with Crippen LogP contribution >= 0.6 is 0 Å². The summed E-state index contributed by atoms with van der Waals surface area (Å²) in [6, 6.07) is 17.1. The van der Waals surface area contributed by atoms with Crippen LogP contribution in [-0.2, 0) is 9.47 Å². The molecule has 0 heterocycles. The van der Waals surface area contributed by atoms with Crippen LogP contribution in [0, 0.1) is 0 Å². The Labute approximate surface area is 108 Å². The Balaban J connectivity index is 0.000000174. The number of methoxy groups -OCH3 is 2. The molecule has 2 nitrogen and oxygen atoms in total. The number of fused-ring (bicyclic) bond motifs is 4. The van der Waals surface area contributed by atoms with Gasteiger partial charge in [0.15, 0.2) is 0 Å². The van der Waals surface area contributed by atoms with Gasteiger partial charge in [-0.15, -0.1) is 0 Å². The highest BCUT2D eigenvalue weighted by Gasteiger charge is 2.19. The van der Waals surface area contributed by atoms with E-state index in [1.807, 2.05) is 0 Å². The van der Waals surface area contributed by atoms with Gasteiger partial charge in [-0.2, -0.15) is 0 Å². The second-order valence-electron chi connectivity index (χ2n) is 4.08. The lowest BCUT2D eigenvalue weighted by molar-refractivity contribution is 0.103. The second kappa shape index (κ2) is 6.34. The van der Waals surface area contributed by atoms with E-state index in [0.717, 1.165) is 0 Å². The standard InChI is InChI=1S/C12H8.C4H10O2/c1-2-6-10-9(5-1)11-7-3-4-8-12(10)11;1-5-3-4-6-2/h1-8H;3-4H2,1-2H3. The van der Waals surface area contributed by atoms with Gasteiger partial charge in [0.1, 0.15) is 0 Å². The van der Waals surface area contributed by atoms with Crippen molar-refractivity contribution in [1.29, 1.82) is 0 Å². The van der Waals surface area contributed by atoms with Crippen molar-refractivity contribution in [3.05, 3.63) is 48.5 Å². The molecule has 2 heteroatoms. The van der Waals surface area contributed by atoms with Crippen molar-refractivity contribution in [3.63, 3.8) is 0 Å². The zero-order valence-electron chi connectivity index (χ0n) is 10.8. The van der Waals surface area contributed by atoms with Gasteiger partial charge >= 0.3 is 0 Å². The van der Waals surface area contributed by atoms with Crippen molar-refractivity contribution in [2.24, 2.45) is 0 Å². The normalized spacial score (nSPS) is 10.6. The topological polar surface area (TPSA) is 18.5 Å². The fraction of sp³-hybridized carbons (Fsp3) is 0.250. The van der Waals surface area contributed by atoms with Crippen LogP contribution in [0.3, 0.4) is 0 Å². The van der Waals surface area contributed by atoms with Crippen LogP contribution < -0.4 is 0 Å². The van der Waals surface area contributed by atoms with Crippen molar-refractivity contribution >= 4 is 0 Å². The maximum absolute atomic E-state index is 4.66. The number of ether oxygens (including phenoxy) is 2. The van der Waals surface area contributed by atoms with Crippen molar-refractivity contribution in [3.8, 4) is 22.3 Å². The first kappa shape index (κ1) is 12.8. The molecule has 0 bridgehead atoms. The predicted molar refractivity (Wildman–Crippen MR) is 74.6 cm³/mol. The molecule has 0 unspecified atom stereocenters. The third-order valence-electron chi connectivity index (χ3n) is 2.93. The molecule has 0 saturated heterocycles. The summed E-state index contributed by atoms with van der Waals surface area (Å²) >= 11 is 0. The summed E-state index contributed by atoms with van der Waals surface area (Å²) in [5, 5.41) is 0. The summed E-state index contributed by atoms with van der Waals surface area (Å²) in [6.07, 6.45) is 0. The molecule has 0 saturated carbocycles. The van der Waals surface area contributed by atoms with Crippen LogP contribution in [0.5, 0.6) is 0 Å². The fourth-order valence-corrected chi connectivity index (χ4v) is 2.01. The lowest BCUT2D eigenvalue weighted by Crippen LogP contribution is -1.96. The Morgan fingerprint density at radius 2 is 0.889 bits per heavy atom. The first-order chi connectivity index (χ1) is 8.88. The van der Waals surface area contributed by atoms with Crippen molar-refractivity contribution in [2.75, 3.05) is 27.4 Å². The van der Waals surface area contributed by atoms with Gasteiger partial charge in [-0.3, -0.25) is 0 Å². The lowest BCUT2D eigenvalue weighted by atomic mass is 9.81. The number of rotatable bonds is 3. The summed E-state index contributed by atoms with van der Waals surface area (Å²) in [6.45, 7) is 1.38. The van der Waals surface area contributed by atoms with Crippen LogP contribution in [0.4, 0.5) is 0 Å². The largest absolute Gasteiger partial charge is 0.382 e. The van der Waals surface area contributed by atoms with Gasteiger partial charge in [0.05, 0.1) is 13.2 Å². The summed E-state index contributed by atoms with van der Waals surface area (Å²) in [7, 11) is 3.30. The molecule has 0 radical (unpaired) electrons. The fourth-order valence-electron chi connectivity index (χ4n) is 2.01. The molecule has 0 aromatic heterocycles. The predicted octanol–water partition coefficient (Wildman–Crippen LogP) is 3.61. The number of benzene rings is 2. The monoisotopic (exact) mass is 242 g/mol. The van der Waals surface area contributed by atoms with Gasteiger partial charge in [0.2, 0.25) is 0 Å². The molecular weight excluding hydrogens is 224 g/mol. The van der Waals surface area contributed by atoms with Crippen molar-refractivity contribution in [1.82, 2.24) is 0 Å². The molecular formula is C16H18O2. The van der Waals surface area contributed by atoms with E-state index in [-0.39, 0.29) is 0 Å². The average molecular weight is 242 g/mol. The Bertz CT molecular complexity index is 402. The van der Waals surface area contributed by atoms with E-state index in [0.29, 0.717) is 13.2 Å². The Morgan fingerprint density at radius 1 is 0.611 bits per heavy atom. The SMILES string of the molecule is COCCOC.c1ccc2c(c1)-c1ccccc1-2. The van der Waals surface area contributed by atoms with Crippen molar-refractivity contribution < 1.29 is 9.47 Å². The number of hydrogen-bond donors (Lipinski definition) is 0. The molecule has 0 fully saturated rings. The molecule has 0 aliphatic heterocycles. The van der Waals surface area contributed by atoms with E-state index in [1.165, 1.54) is 22.3 Å². The molecule has 18 heavy (non-hydrogen) atoms. The zero-order chi connectivity index (χ0) is 12.8. The summed E-state index contributed by atoms with van der Waals surface area (Å²) in [5.74, 6) is 0. The highest BCUT2D eigenvalue weighted by Crippen LogP contribution is 2.46. The molecule has 2 aromatic rings. The van der Waals surface area contributed by atoms with Gasteiger partial charge in [-0.05, 0) is 22.3 Å². The summed E-state index contributed by atoms with van der Waals surface area (Å²) in [5.41, 5.74) is 5.59. The quantitative estimate of drug-likeness (QED) is 0.653. The van der Waals surface area contributed by atoms with Crippen LogP contribution in [0.25, 0.3) is 22.3 Å². The van der Waals surface area contributed by atoms with Gasteiger partial charge in [0.25, 0.3) is 0 Å². The number of hydrogen-bond acceptors (Lipinski definition) is 2. The van der Waals surface area contributed by atoms with E-state index >= 15 is 0 Å². The lowest BCUT2D eigenvalue weighted by Gasteiger charge is -2.22. The first-order valence-electron chi connectivity index (χ1n) is 6.05. The molecule has 1 aliphatic carbocycles. The molecule has 3 rings (SSSR count). The average Bonchev–Trinajstić information content (AvgIpc) is 2.43. The van der Waals surface area contributed by atoms with Gasteiger partial charge in [0, 0.05) is 14.2 Å². The Hall–Kier alpha value is -1.64. The molecule has 0 amide bonds. The maximum Gasteiger partial charge on any atom is 0.0696 e. The van der Waals surface area contributed by atoms with Crippen LogP contribution in [0.2, 0.25) is 0 Å². The Morgan fingerprint density at radius 3 is 1.11 bits per heavy atom. The molecule has 1 aliphatic rings. The summed E-state index contributed by atoms with van der Waals surface area (Å²) < 4.78 is 9.31. The van der Waals surface area contributed by atoms with Crippen LogP contribution in [0.1, 0.15) is 0 Å². The molecule has 0 spiro atoms. The second-order valence-corrected chi connectivity index (χ2v) is 4.08. The van der Waals surface area contributed by atoms with E-state index in [1.54, 1.807) is 14.2 Å². The molecule has 2 aromatic carbocycles. The minimum absolute atomic E-state index is 0.691. The smallest absolute Gasteiger partial charge is 0.0696 e. The van der Waals surface area contributed by atoms with Gasteiger partial charge < -0.3 is 9.47 Å². The highest BCUT2D eigenvalue weighted by atomic mass is 16.5. The van der Waals surface area contributed by atoms with Crippen molar-refractivity contribution in [2.45, 2.75) is 0 Å². The Kier molecular flexibility index (Phi) is 4.51. The maximum atomic E-state index is 4.66. The van der Waals surface area contributed by atoms with Crippen LogP contribution in [0.15, 0.2) is 48.5 Å². The third-order valence-corrected chi connectivity index (χ3v) is 2.93. The minimum atomic E-state index is 0.691. The van der Waals surface area contributed by atoms with E-state index in [2.05, 4.69) is 58.0 Å². The van der Waals surface area contributed by atoms with Gasteiger partial charge in [-0.1, -0.05) is 48.5 Å². The zero-order valence-corrected chi connectivity index (χ0v) is 10.8. The van der Waals surface area contributed by atoms with E-state index in [4.69, 9.17) is 0 Å². The van der Waals surface area contributed by atoms with E-state index in [9.17, 15) is 0 Å². The minimum Gasteiger partial charge on any atom is -0.382 e. The first-order valence-corrected chi connectivity index (χ1v) is 6.05. The molecule has 94 valence electrons. The molecule has 0 atom stereocenters. The van der Waals surface area contributed by atoms with E-state index < -0.39 is 0 Å². The van der Waals surface area contributed by atoms with Gasteiger partial charge in [-0.25, -0.2) is 0 Å².